The quantitative estimate of drug-likeness (QED) is 0.925. The molecule has 1 aromatic carbocycles. The molecule has 5 heteroatoms. The van der Waals surface area contributed by atoms with Crippen LogP contribution in [0, 0.1) is 11.8 Å². The standard InChI is InChI=1S/C17H21NO4/c1-22-10-11-4-2-5-12(8-11)16(19)18-9-13-6-3-7-14(13)15(18)17(20)21/h2,4-5,8,13-15H,3,6-7,9-10H2,1H3,(H,20,21). The van der Waals surface area contributed by atoms with E-state index in [1.165, 1.54) is 0 Å². The van der Waals surface area contributed by atoms with Crippen molar-refractivity contribution < 1.29 is 19.4 Å². The van der Waals surface area contributed by atoms with Crippen molar-refractivity contribution in [1.82, 2.24) is 4.90 Å². The maximum Gasteiger partial charge on any atom is 0.326 e. The van der Waals surface area contributed by atoms with E-state index in [2.05, 4.69) is 0 Å². The van der Waals surface area contributed by atoms with Crippen molar-refractivity contribution in [3.8, 4) is 0 Å². The van der Waals surface area contributed by atoms with Crippen molar-refractivity contribution in [2.24, 2.45) is 11.8 Å². The Labute approximate surface area is 129 Å². The SMILES string of the molecule is COCc1cccc(C(=O)N2CC3CCCC3C2C(=O)O)c1. The molecule has 1 N–H and O–H groups in total. The number of nitrogens with zero attached hydrogens (tertiary/aromatic N) is 1. The van der Waals surface area contributed by atoms with E-state index in [1.807, 2.05) is 12.1 Å². The summed E-state index contributed by atoms with van der Waals surface area (Å²) in [5.41, 5.74) is 1.46. The van der Waals surface area contributed by atoms with E-state index in [0.717, 1.165) is 24.8 Å². The number of carboxylic acid groups (broad SMARTS) is 1. The van der Waals surface area contributed by atoms with Crippen molar-refractivity contribution in [3.63, 3.8) is 0 Å². The first-order valence-corrected chi connectivity index (χ1v) is 7.73. The summed E-state index contributed by atoms with van der Waals surface area (Å²) in [4.78, 5) is 26.0. The molecule has 3 rings (SSSR count). The number of carboxylic acids is 1. The first-order valence-electron chi connectivity index (χ1n) is 7.73. The third-order valence-electron chi connectivity index (χ3n) is 4.89. The summed E-state index contributed by atoms with van der Waals surface area (Å²) in [5.74, 6) is -0.605. The molecule has 3 atom stereocenters. The van der Waals surface area contributed by atoms with Crippen molar-refractivity contribution in [3.05, 3.63) is 35.4 Å². The molecule has 2 aliphatic rings. The van der Waals surface area contributed by atoms with Crippen molar-refractivity contribution in [1.29, 1.82) is 0 Å². The second-order valence-electron chi connectivity index (χ2n) is 6.23. The molecule has 1 saturated carbocycles. The molecule has 0 radical (unpaired) electrons. The lowest BCUT2D eigenvalue weighted by molar-refractivity contribution is -0.142. The van der Waals surface area contributed by atoms with Gasteiger partial charge < -0.3 is 14.7 Å². The van der Waals surface area contributed by atoms with Crippen LogP contribution in [0.4, 0.5) is 0 Å². The zero-order valence-electron chi connectivity index (χ0n) is 12.7. The minimum absolute atomic E-state index is 0.114. The lowest BCUT2D eigenvalue weighted by atomic mass is 9.94. The van der Waals surface area contributed by atoms with Gasteiger partial charge in [0.1, 0.15) is 6.04 Å². The van der Waals surface area contributed by atoms with Gasteiger partial charge in [-0.3, -0.25) is 4.79 Å². The number of carbonyl (C=O) groups excluding carboxylic acids is 1. The normalized spacial score (nSPS) is 27.0. The van der Waals surface area contributed by atoms with Gasteiger partial charge in [-0.25, -0.2) is 4.79 Å². The number of carbonyl (C=O) groups is 2. The average molecular weight is 303 g/mol. The van der Waals surface area contributed by atoms with Gasteiger partial charge in [0.05, 0.1) is 6.61 Å². The minimum atomic E-state index is -0.879. The Morgan fingerprint density at radius 3 is 2.91 bits per heavy atom. The predicted octanol–water partition coefficient (Wildman–Crippen LogP) is 2.16. The number of benzene rings is 1. The van der Waals surface area contributed by atoms with Crippen LogP contribution >= 0.6 is 0 Å². The predicted molar refractivity (Wildman–Crippen MR) is 80.4 cm³/mol. The molecule has 1 aliphatic heterocycles. The molecule has 2 fully saturated rings. The third kappa shape index (κ3) is 2.61. The lowest BCUT2D eigenvalue weighted by Gasteiger charge is -2.24. The second kappa shape index (κ2) is 6.08. The zero-order valence-corrected chi connectivity index (χ0v) is 12.7. The molecule has 3 unspecified atom stereocenters. The van der Waals surface area contributed by atoms with Crippen LogP contribution in [-0.4, -0.2) is 41.6 Å². The fourth-order valence-electron chi connectivity index (χ4n) is 3.96. The lowest BCUT2D eigenvalue weighted by Crippen LogP contribution is -2.43. The first kappa shape index (κ1) is 15.0. The Balaban J connectivity index is 1.84. The topological polar surface area (TPSA) is 66.8 Å². The van der Waals surface area contributed by atoms with E-state index in [0.29, 0.717) is 24.6 Å². The van der Waals surface area contributed by atoms with Crippen molar-refractivity contribution in [2.45, 2.75) is 31.9 Å². The van der Waals surface area contributed by atoms with Crippen LogP contribution in [0.5, 0.6) is 0 Å². The number of ether oxygens (including phenoxy) is 1. The first-order chi connectivity index (χ1) is 10.6. The molecule has 0 spiro atoms. The highest BCUT2D eigenvalue weighted by atomic mass is 16.5. The van der Waals surface area contributed by atoms with E-state index < -0.39 is 12.0 Å². The molecule has 5 nitrogen and oxygen atoms in total. The van der Waals surface area contributed by atoms with Gasteiger partial charge in [-0.05, 0) is 42.4 Å². The van der Waals surface area contributed by atoms with Gasteiger partial charge in [-0.15, -0.1) is 0 Å². The van der Waals surface area contributed by atoms with E-state index in [4.69, 9.17) is 4.74 Å². The number of hydrogen-bond acceptors (Lipinski definition) is 3. The van der Waals surface area contributed by atoms with Crippen LogP contribution in [0.2, 0.25) is 0 Å². The molecule has 0 bridgehead atoms. The molecule has 118 valence electrons. The maximum atomic E-state index is 12.8. The Hall–Kier alpha value is -1.88. The number of likely N-dealkylation sites (tertiary alicyclic amines) is 1. The van der Waals surface area contributed by atoms with Gasteiger partial charge in [0.25, 0.3) is 5.91 Å². The molecule has 1 saturated heterocycles. The van der Waals surface area contributed by atoms with Gasteiger partial charge in [-0.2, -0.15) is 0 Å². The van der Waals surface area contributed by atoms with Gasteiger partial charge >= 0.3 is 5.97 Å². The second-order valence-corrected chi connectivity index (χ2v) is 6.23. The Kier molecular flexibility index (Phi) is 4.16. The van der Waals surface area contributed by atoms with E-state index >= 15 is 0 Å². The van der Waals surface area contributed by atoms with E-state index in [1.54, 1.807) is 24.1 Å². The molecular weight excluding hydrogens is 282 g/mol. The van der Waals surface area contributed by atoms with E-state index in [9.17, 15) is 14.7 Å². The number of rotatable bonds is 4. The van der Waals surface area contributed by atoms with Crippen LogP contribution in [-0.2, 0) is 16.1 Å². The van der Waals surface area contributed by atoms with Gasteiger partial charge in [-0.1, -0.05) is 18.6 Å². The summed E-state index contributed by atoms with van der Waals surface area (Å²) in [6.07, 6.45) is 3.02. The summed E-state index contributed by atoms with van der Waals surface area (Å²) in [5, 5.41) is 9.55. The van der Waals surface area contributed by atoms with E-state index in [-0.39, 0.29) is 11.8 Å². The van der Waals surface area contributed by atoms with Gasteiger partial charge in [0, 0.05) is 19.2 Å². The largest absolute Gasteiger partial charge is 0.480 e. The Bertz CT molecular complexity index is 586. The molecule has 1 amide bonds. The van der Waals surface area contributed by atoms with Gasteiger partial charge in [0.2, 0.25) is 0 Å². The molecular formula is C17H21NO4. The number of methoxy groups -OCH3 is 1. The highest BCUT2D eigenvalue weighted by Crippen LogP contribution is 2.42. The Morgan fingerprint density at radius 2 is 2.18 bits per heavy atom. The maximum absolute atomic E-state index is 12.8. The summed E-state index contributed by atoms with van der Waals surface area (Å²) >= 11 is 0. The summed E-state index contributed by atoms with van der Waals surface area (Å²) in [6.45, 7) is 1.00. The van der Waals surface area contributed by atoms with Crippen LogP contribution in [0.1, 0.15) is 35.2 Å². The number of hydrogen-bond donors (Lipinski definition) is 1. The molecule has 1 aliphatic carbocycles. The molecule has 1 heterocycles. The van der Waals surface area contributed by atoms with Crippen LogP contribution < -0.4 is 0 Å². The fourth-order valence-corrected chi connectivity index (χ4v) is 3.96. The highest BCUT2D eigenvalue weighted by molar-refractivity contribution is 5.97. The number of aliphatic carboxylic acids is 1. The highest BCUT2D eigenvalue weighted by Gasteiger charge is 2.49. The van der Waals surface area contributed by atoms with Crippen LogP contribution in [0.25, 0.3) is 0 Å². The zero-order chi connectivity index (χ0) is 15.7. The van der Waals surface area contributed by atoms with Crippen molar-refractivity contribution >= 4 is 11.9 Å². The van der Waals surface area contributed by atoms with Crippen molar-refractivity contribution in [2.75, 3.05) is 13.7 Å². The van der Waals surface area contributed by atoms with Crippen LogP contribution in [0.15, 0.2) is 24.3 Å². The Morgan fingerprint density at radius 1 is 1.36 bits per heavy atom. The molecule has 22 heavy (non-hydrogen) atoms. The number of fused-ring (bicyclic) bond motifs is 1. The fraction of sp³-hybridized carbons (Fsp3) is 0.529. The summed E-state index contributed by atoms with van der Waals surface area (Å²) in [7, 11) is 1.61. The third-order valence-corrected chi connectivity index (χ3v) is 4.89. The smallest absolute Gasteiger partial charge is 0.326 e. The minimum Gasteiger partial charge on any atom is -0.480 e. The summed E-state index contributed by atoms with van der Waals surface area (Å²) < 4.78 is 5.09. The van der Waals surface area contributed by atoms with Crippen LogP contribution in [0.3, 0.4) is 0 Å². The summed E-state index contributed by atoms with van der Waals surface area (Å²) in [6, 6.07) is 6.57. The monoisotopic (exact) mass is 303 g/mol. The molecule has 1 aromatic rings. The van der Waals surface area contributed by atoms with Gasteiger partial charge in [0.15, 0.2) is 0 Å². The average Bonchev–Trinajstić information content (AvgIpc) is 3.07. The number of amides is 1. The molecule has 0 aromatic heterocycles.